The molecule has 2 aliphatic heterocycles. The van der Waals surface area contributed by atoms with Gasteiger partial charge in [0.15, 0.2) is 11.5 Å². The lowest BCUT2D eigenvalue weighted by atomic mass is 10.2. The van der Waals surface area contributed by atoms with E-state index < -0.39 is 11.2 Å². The molecule has 2 aromatic carbocycles. The average molecular weight is 509 g/mol. The Morgan fingerprint density at radius 2 is 1.81 bits per heavy atom. The van der Waals surface area contributed by atoms with Crippen molar-refractivity contribution in [2.75, 3.05) is 19.9 Å². The van der Waals surface area contributed by atoms with Crippen molar-refractivity contribution in [3.8, 4) is 11.5 Å². The maximum absolute atomic E-state index is 13.3. The number of carbonyl (C=O) groups is 2. The highest BCUT2D eigenvalue weighted by Crippen LogP contribution is 2.32. The van der Waals surface area contributed by atoms with E-state index in [-0.39, 0.29) is 50.8 Å². The number of nitrogens with one attached hydrogen (secondary N) is 2. The summed E-state index contributed by atoms with van der Waals surface area (Å²) in [6.45, 7) is 1.11. The summed E-state index contributed by atoms with van der Waals surface area (Å²) in [5.41, 5.74) is 0.0600. The Hall–Kier alpha value is -4.12. The van der Waals surface area contributed by atoms with Gasteiger partial charge in [0.25, 0.3) is 5.56 Å². The first-order valence-corrected chi connectivity index (χ1v) is 12.3. The number of carbonyl (C=O) groups excluding carboxylic acids is 2. The summed E-state index contributed by atoms with van der Waals surface area (Å²) in [5.74, 6) is 0.602. The Morgan fingerprint density at radius 3 is 2.65 bits per heavy atom. The minimum absolute atomic E-state index is 0.0254. The number of benzene rings is 2. The first kappa shape index (κ1) is 24.6. The predicted octanol–water partition coefficient (Wildman–Crippen LogP) is 0.894. The summed E-state index contributed by atoms with van der Waals surface area (Å²) in [6, 6.07) is 12.0. The molecule has 3 aromatic rings. The Balaban J connectivity index is 1.27. The van der Waals surface area contributed by atoms with Gasteiger partial charge in [-0.25, -0.2) is 4.79 Å². The summed E-state index contributed by atoms with van der Waals surface area (Å²) in [4.78, 5) is 51.5. The standard InChI is InChI=1S/C26H28N4O7/c31-23(27-13-17-7-8-21-22(12-17)37-16-36-21)9-10-29-25(33)19-5-1-2-6-20(19)30(26(29)34)15-24(32)28-14-18-4-3-11-35-18/h1-2,5-8,12,18H,3-4,9-11,13-16H2,(H,27,31)(H,28,32)/t18-/m0/s1. The number of amides is 2. The lowest BCUT2D eigenvalue weighted by Gasteiger charge is -2.15. The molecule has 11 heteroatoms. The van der Waals surface area contributed by atoms with Crippen LogP contribution in [0.2, 0.25) is 0 Å². The maximum atomic E-state index is 13.3. The first-order valence-electron chi connectivity index (χ1n) is 12.3. The number of aromatic nitrogens is 2. The number of nitrogens with zero attached hydrogens (tertiary/aromatic N) is 2. The van der Waals surface area contributed by atoms with Crippen LogP contribution in [0.4, 0.5) is 0 Å². The molecule has 2 amide bonds. The van der Waals surface area contributed by atoms with Gasteiger partial charge in [-0.3, -0.25) is 23.5 Å². The zero-order chi connectivity index (χ0) is 25.8. The molecule has 0 unspecified atom stereocenters. The molecule has 0 bridgehead atoms. The highest BCUT2D eigenvalue weighted by Gasteiger charge is 2.19. The van der Waals surface area contributed by atoms with Crippen molar-refractivity contribution in [2.24, 2.45) is 0 Å². The van der Waals surface area contributed by atoms with Crippen LogP contribution < -0.4 is 31.4 Å². The second-order valence-electron chi connectivity index (χ2n) is 9.00. The van der Waals surface area contributed by atoms with Gasteiger partial charge in [-0.15, -0.1) is 0 Å². The van der Waals surface area contributed by atoms with Crippen molar-refractivity contribution in [3.05, 3.63) is 68.9 Å². The van der Waals surface area contributed by atoms with Crippen LogP contribution in [-0.2, 0) is 34.0 Å². The SMILES string of the molecule is O=C(CCn1c(=O)c2ccccc2n(CC(=O)NC[C@@H]2CCCO2)c1=O)NCc1ccc2c(c1)OCO2. The summed E-state index contributed by atoms with van der Waals surface area (Å²) in [5, 5.41) is 5.90. The van der Waals surface area contributed by atoms with Crippen molar-refractivity contribution in [1.82, 2.24) is 19.8 Å². The van der Waals surface area contributed by atoms with E-state index >= 15 is 0 Å². The van der Waals surface area contributed by atoms with Gasteiger partial charge in [0.1, 0.15) is 6.54 Å². The van der Waals surface area contributed by atoms with Crippen LogP contribution >= 0.6 is 0 Å². The van der Waals surface area contributed by atoms with Gasteiger partial charge in [-0.2, -0.15) is 0 Å². The van der Waals surface area contributed by atoms with Gasteiger partial charge in [-0.05, 0) is 42.7 Å². The second-order valence-corrected chi connectivity index (χ2v) is 9.00. The van der Waals surface area contributed by atoms with Crippen molar-refractivity contribution in [3.63, 3.8) is 0 Å². The highest BCUT2D eigenvalue weighted by molar-refractivity contribution is 5.81. The Labute approximate surface area is 211 Å². The van der Waals surface area contributed by atoms with Gasteiger partial charge in [0.05, 0.1) is 17.0 Å². The smallest absolute Gasteiger partial charge is 0.331 e. The van der Waals surface area contributed by atoms with E-state index in [4.69, 9.17) is 14.2 Å². The fraction of sp³-hybridized carbons (Fsp3) is 0.385. The molecule has 2 aliphatic rings. The number of ether oxygens (including phenoxy) is 3. The normalized spacial score (nSPS) is 16.2. The van der Waals surface area contributed by atoms with E-state index in [1.807, 2.05) is 6.07 Å². The van der Waals surface area contributed by atoms with E-state index in [1.165, 1.54) is 4.57 Å². The summed E-state index contributed by atoms with van der Waals surface area (Å²) in [7, 11) is 0. The molecule has 3 heterocycles. The largest absolute Gasteiger partial charge is 0.454 e. The van der Waals surface area contributed by atoms with E-state index in [1.54, 1.807) is 36.4 Å². The van der Waals surface area contributed by atoms with E-state index in [0.717, 1.165) is 23.0 Å². The van der Waals surface area contributed by atoms with Gasteiger partial charge in [-0.1, -0.05) is 18.2 Å². The lowest BCUT2D eigenvalue weighted by Crippen LogP contribution is -2.44. The molecule has 1 atom stereocenters. The zero-order valence-corrected chi connectivity index (χ0v) is 20.2. The van der Waals surface area contributed by atoms with Crippen LogP contribution in [0.25, 0.3) is 10.9 Å². The van der Waals surface area contributed by atoms with Crippen LogP contribution in [0, 0.1) is 0 Å². The molecule has 0 radical (unpaired) electrons. The molecule has 11 nitrogen and oxygen atoms in total. The zero-order valence-electron chi connectivity index (χ0n) is 20.2. The molecular formula is C26H28N4O7. The van der Waals surface area contributed by atoms with Crippen molar-refractivity contribution < 1.29 is 23.8 Å². The van der Waals surface area contributed by atoms with Gasteiger partial charge >= 0.3 is 5.69 Å². The molecule has 194 valence electrons. The fourth-order valence-electron chi connectivity index (χ4n) is 4.51. The minimum atomic E-state index is -0.639. The van der Waals surface area contributed by atoms with Gasteiger partial charge < -0.3 is 24.8 Å². The minimum Gasteiger partial charge on any atom is -0.454 e. The third kappa shape index (κ3) is 5.51. The molecule has 1 fully saturated rings. The molecule has 37 heavy (non-hydrogen) atoms. The molecular weight excluding hydrogens is 480 g/mol. The van der Waals surface area contributed by atoms with Crippen molar-refractivity contribution >= 4 is 22.7 Å². The van der Waals surface area contributed by atoms with E-state index in [9.17, 15) is 19.2 Å². The average Bonchev–Trinajstić information content (AvgIpc) is 3.60. The summed E-state index contributed by atoms with van der Waals surface area (Å²) < 4.78 is 18.4. The monoisotopic (exact) mass is 508 g/mol. The quantitative estimate of drug-likeness (QED) is 0.439. The maximum Gasteiger partial charge on any atom is 0.331 e. The molecule has 0 aliphatic carbocycles. The molecule has 1 saturated heterocycles. The third-order valence-corrected chi connectivity index (χ3v) is 6.47. The molecule has 0 spiro atoms. The third-order valence-electron chi connectivity index (χ3n) is 6.47. The van der Waals surface area contributed by atoms with Crippen LogP contribution in [-0.4, -0.2) is 47.0 Å². The number of rotatable bonds is 9. The Kier molecular flexibility index (Phi) is 7.22. The highest BCUT2D eigenvalue weighted by atomic mass is 16.7. The van der Waals surface area contributed by atoms with Crippen LogP contribution in [0.1, 0.15) is 24.8 Å². The predicted molar refractivity (Wildman–Crippen MR) is 133 cm³/mol. The Morgan fingerprint density at radius 1 is 0.973 bits per heavy atom. The van der Waals surface area contributed by atoms with Gasteiger partial charge in [0, 0.05) is 32.7 Å². The van der Waals surface area contributed by atoms with Crippen LogP contribution in [0.5, 0.6) is 11.5 Å². The number of fused-ring (bicyclic) bond motifs is 2. The molecule has 0 saturated carbocycles. The van der Waals surface area contributed by atoms with E-state index in [0.29, 0.717) is 35.6 Å². The number of hydrogen-bond acceptors (Lipinski definition) is 7. The fourth-order valence-corrected chi connectivity index (χ4v) is 4.51. The topological polar surface area (TPSA) is 130 Å². The van der Waals surface area contributed by atoms with Crippen molar-refractivity contribution in [1.29, 1.82) is 0 Å². The number of hydrogen-bond donors (Lipinski definition) is 2. The molecule has 5 rings (SSSR count). The second kappa shape index (κ2) is 10.9. The van der Waals surface area contributed by atoms with Crippen LogP contribution in [0.15, 0.2) is 52.1 Å². The van der Waals surface area contributed by atoms with Crippen molar-refractivity contribution in [2.45, 2.75) is 45.0 Å². The lowest BCUT2D eigenvalue weighted by molar-refractivity contribution is -0.122. The molecule has 1 aromatic heterocycles. The Bertz CT molecular complexity index is 1440. The van der Waals surface area contributed by atoms with Gasteiger partial charge in [0.2, 0.25) is 18.6 Å². The first-order chi connectivity index (χ1) is 18.0. The summed E-state index contributed by atoms with van der Waals surface area (Å²) in [6.07, 6.45) is 1.73. The molecule has 2 N–H and O–H groups in total. The van der Waals surface area contributed by atoms with Crippen LogP contribution in [0.3, 0.4) is 0 Å². The number of para-hydroxylation sites is 1. The van der Waals surface area contributed by atoms with E-state index in [2.05, 4.69) is 10.6 Å². The summed E-state index contributed by atoms with van der Waals surface area (Å²) >= 11 is 0.